The molecule has 0 unspecified atom stereocenters. The molecule has 0 radical (unpaired) electrons. The number of carboxylic acids is 1. The number of aromatic nitrogens is 1. The number of aliphatic hydroxyl groups is 1. The number of aliphatic hydroxyl groups excluding tert-OH is 1. The van der Waals surface area contributed by atoms with Gasteiger partial charge in [-0.1, -0.05) is 0 Å². The lowest BCUT2D eigenvalue weighted by Gasteiger charge is -2.20. The topological polar surface area (TPSA) is 111 Å². The monoisotopic (exact) mass is 343 g/mol. The molecular weight excluding hydrogens is 322 g/mol. The van der Waals surface area contributed by atoms with E-state index in [1.165, 1.54) is 20.2 Å². The molecule has 8 nitrogen and oxygen atoms in total. The van der Waals surface area contributed by atoms with Gasteiger partial charge in [0.25, 0.3) is 0 Å². The van der Waals surface area contributed by atoms with Crippen molar-refractivity contribution in [2.24, 2.45) is 5.92 Å². The first-order chi connectivity index (χ1) is 10.6. The molecule has 1 aliphatic heterocycles. The summed E-state index contributed by atoms with van der Waals surface area (Å²) in [5.41, 5.74) is 0.697. The van der Waals surface area contributed by atoms with Crippen LogP contribution in [0.2, 0.25) is 0 Å². The Morgan fingerprint density at radius 1 is 1.39 bits per heavy atom. The molecule has 1 aromatic heterocycles. The second kappa shape index (κ2) is 6.42. The Balaban J connectivity index is 2.25. The molecule has 128 valence electrons. The van der Waals surface area contributed by atoms with Crippen LogP contribution in [0.1, 0.15) is 16.1 Å². The SMILES string of the molecule is Cc1ccc(C(=O)O)c(N2C[C@@H](CS(=O)(=O)N(C)C)[C@H](O)C2)n1. The number of aryl methyl sites for hydroxylation is 1. The molecule has 2 rings (SSSR count). The molecule has 1 aromatic rings. The second-order valence-electron chi connectivity index (χ2n) is 5.92. The molecule has 23 heavy (non-hydrogen) atoms. The number of carboxylic acid groups (broad SMARTS) is 1. The molecule has 0 spiro atoms. The Kier molecular flexibility index (Phi) is 4.92. The normalized spacial score (nSPS) is 21.9. The Morgan fingerprint density at radius 2 is 2.04 bits per heavy atom. The number of hydrogen-bond donors (Lipinski definition) is 2. The molecule has 1 aliphatic rings. The second-order valence-corrected chi connectivity index (χ2v) is 8.15. The fourth-order valence-corrected chi connectivity index (χ4v) is 3.73. The summed E-state index contributed by atoms with van der Waals surface area (Å²) in [4.78, 5) is 17.2. The predicted octanol–water partition coefficient (Wildman–Crippen LogP) is -0.223. The van der Waals surface area contributed by atoms with E-state index in [2.05, 4.69) is 4.98 Å². The molecule has 0 aliphatic carbocycles. The van der Waals surface area contributed by atoms with Crippen LogP contribution in [-0.2, 0) is 10.0 Å². The predicted molar refractivity (Wildman–Crippen MR) is 85.1 cm³/mol. The van der Waals surface area contributed by atoms with Crippen molar-refractivity contribution in [2.45, 2.75) is 13.0 Å². The summed E-state index contributed by atoms with van der Waals surface area (Å²) in [6.07, 6.45) is -0.853. The number of rotatable bonds is 5. The maximum Gasteiger partial charge on any atom is 0.339 e. The average molecular weight is 343 g/mol. The minimum Gasteiger partial charge on any atom is -0.478 e. The maximum absolute atomic E-state index is 12.0. The number of sulfonamides is 1. The Morgan fingerprint density at radius 3 is 2.61 bits per heavy atom. The van der Waals surface area contributed by atoms with Crippen molar-refractivity contribution in [1.82, 2.24) is 9.29 Å². The van der Waals surface area contributed by atoms with Crippen LogP contribution in [0.3, 0.4) is 0 Å². The zero-order valence-electron chi connectivity index (χ0n) is 13.3. The largest absolute Gasteiger partial charge is 0.478 e. The van der Waals surface area contributed by atoms with Crippen LogP contribution < -0.4 is 4.90 Å². The van der Waals surface area contributed by atoms with Crippen LogP contribution in [0.5, 0.6) is 0 Å². The lowest BCUT2D eigenvalue weighted by molar-refractivity contribution is 0.0697. The van der Waals surface area contributed by atoms with Crippen molar-refractivity contribution in [3.63, 3.8) is 0 Å². The fraction of sp³-hybridized carbons (Fsp3) is 0.571. The number of anilines is 1. The van der Waals surface area contributed by atoms with Crippen LogP contribution >= 0.6 is 0 Å². The summed E-state index contributed by atoms with van der Waals surface area (Å²) in [7, 11) is -0.558. The number of hydrogen-bond acceptors (Lipinski definition) is 6. The smallest absolute Gasteiger partial charge is 0.339 e. The highest BCUT2D eigenvalue weighted by atomic mass is 32.2. The van der Waals surface area contributed by atoms with Gasteiger partial charge in [0, 0.05) is 38.8 Å². The minimum atomic E-state index is -3.44. The number of nitrogens with zero attached hydrogens (tertiary/aromatic N) is 3. The number of aromatic carboxylic acids is 1. The first kappa shape index (κ1) is 17.6. The van der Waals surface area contributed by atoms with Gasteiger partial charge in [-0.05, 0) is 19.1 Å². The van der Waals surface area contributed by atoms with Gasteiger partial charge in [-0.25, -0.2) is 22.5 Å². The number of carbonyl (C=O) groups is 1. The third-order valence-electron chi connectivity index (χ3n) is 3.93. The highest BCUT2D eigenvalue weighted by Crippen LogP contribution is 2.27. The van der Waals surface area contributed by atoms with Gasteiger partial charge in [-0.15, -0.1) is 0 Å². The Hall–Kier alpha value is -1.71. The van der Waals surface area contributed by atoms with Crippen molar-refractivity contribution in [2.75, 3.05) is 37.8 Å². The molecule has 0 aromatic carbocycles. The third kappa shape index (κ3) is 3.80. The van der Waals surface area contributed by atoms with E-state index in [4.69, 9.17) is 0 Å². The van der Waals surface area contributed by atoms with Gasteiger partial charge < -0.3 is 15.1 Å². The first-order valence-corrected chi connectivity index (χ1v) is 8.77. The molecule has 0 bridgehead atoms. The molecular formula is C14H21N3O5S. The summed E-state index contributed by atoms with van der Waals surface area (Å²) in [6.45, 7) is 2.14. The Labute approximate surface area is 135 Å². The van der Waals surface area contributed by atoms with E-state index in [0.717, 1.165) is 4.31 Å². The van der Waals surface area contributed by atoms with Crippen LogP contribution in [0.15, 0.2) is 12.1 Å². The molecule has 2 N–H and O–H groups in total. The molecule has 1 fully saturated rings. The minimum absolute atomic E-state index is 0.0407. The van der Waals surface area contributed by atoms with Crippen LogP contribution in [0, 0.1) is 12.8 Å². The fourth-order valence-electron chi connectivity index (χ4n) is 2.56. The van der Waals surface area contributed by atoms with Gasteiger partial charge >= 0.3 is 5.97 Å². The zero-order chi connectivity index (χ0) is 17.4. The Bertz CT molecular complexity index is 704. The van der Waals surface area contributed by atoms with Gasteiger partial charge in [-0.2, -0.15) is 0 Å². The van der Waals surface area contributed by atoms with Crippen molar-refractivity contribution in [3.8, 4) is 0 Å². The van der Waals surface area contributed by atoms with Crippen molar-refractivity contribution in [3.05, 3.63) is 23.4 Å². The van der Waals surface area contributed by atoms with Gasteiger partial charge in [0.05, 0.1) is 11.9 Å². The molecule has 1 saturated heterocycles. The van der Waals surface area contributed by atoms with Crippen LogP contribution in [0.25, 0.3) is 0 Å². The molecule has 2 atom stereocenters. The van der Waals surface area contributed by atoms with E-state index in [0.29, 0.717) is 5.69 Å². The van der Waals surface area contributed by atoms with Gasteiger partial charge in [-0.3, -0.25) is 0 Å². The lowest BCUT2D eigenvalue weighted by atomic mass is 10.1. The van der Waals surface area contributed by atoms with Crippen molar-refractivity contribution >= 4 is 21.8 Å². The summed E-state index contributed by atoms with van der Waals surface area (Å²) in [6, 6.07) is 3.07. The standard InChI is InChI=1S/C14H21N3O5S/c1-9-4-5-11(14(19)20)13(15-9)17-6-10(12(18)7-17)8-23(21,22)16(2)3/h4-5,10,12,18H,6-8H2,1-3H3,(H,19,20)/t10-,12+/m0/s1. The molecule has 2 heterocycles. The summed E-state index contributed by atoms with van der Waals surface area (Å²) in [5, 5.41) is 19.4. The van der Waals surface area contributed by atoms with E-state index in [-0.39, 0.29) is 30.2 Å². The first-order valence-electron chi connectivity index (χ1n) is 7.16. The van der Waals surface area contributed by atoms with Gasteiger partial charge in [0.1, 0.15) is 11.4 Å². The lowest BCUT2D eigenvalue weighted by Crippen LogP contribution is -2.33. The van der Waals surface area contributed by atoms with Crippen LogP contribution in [-0.4, -0.2) is 72.9 Å². The quantitative estimate of drug-likeness (QED) is 0.760. The van der Waals surface area contributed by atoms with Crippen molar-refractivity contribution < 1.29 is 23.4 Å². The molecule has 9 heteroatoms. The van der Waals surface area contributed by atoms with E-state index in [1.54, 1.807) is 17.9 Å². The van der Waals surface area contributed by atoms with E-state index in [1.807, 2.05) is 0 Å². The number of β-amino-alcohol motifs (C(OH)–C–C–N with tert-alkyl or cyclic N) is 1. The zero-order valence-corrected chi connectivity index (χ0v) is 14.1. The molecule has 0 amide bonds. The summed E-state index contributed by atoms with van der Waals surface area (Å²) < 4.78 is 25.1. The third-order valence-corrected chi connectivity index (χ3v) is 5.89. The van der Waals surface area contributed by atoms with E-state index in [9.17, 15) is 23.4 Å². The average Bonchev–Trinajstić information content (AvgIpc) is 2.78. The highest BCUT2D eigenvalue weighted by molar-refractivity contribution is 7.89. The van der Waals surface area contributed by atoms with Crippen molar-refractivity contribution in [1.29, 1.82) is 0 Å². The molecule has 0 saturated carbocycles. The van der Waals surface area contributed by atoms with Gasteiger partial charge in [0.15, 0.2) is 0 Å². The summed E-state index contributed by atoms with van der Waals surface area (Å²) >= 11 is 0. The van der Waals surface area contributed by atoms with E-state index >= 15 is 0 Å². The number of pyridine rings is 1. The summed E-state index contributed by atoms with van der Waals surface area (Å²) in [5.74, 6) is -1.52. The van der Waals surface area contributed by atoms with E-state index < -0.39 is 28.0 Å². The van der Waals surface area contributed by atoms with Crippen LogP contribution in [0.4, 0.5) is 5.82 Å². The highest BCUT2D eigenvalue weighted by Gasteiger charge is 2.37. The maximum atomic E-state index is 12.0. The van der Waals surface area contributed by atoms with Gasteiger partial charge in [0.2, 0.25) is 10.0 Å².